The highest BCUT2D eigenvalue weighted by Gasteiger charge is 2.24. The third-order valence-electron chi connectivity index (χ3n) is 6.19. The summed E-state index contributed by atoms with van der Waals surface area (Å²) < 4.78 is 74.9. The maximum absolute atomic E-state index is 10.0. The lowest BCUT2D eigenvalue weighted by atomic mass is 9.94. The van der Waals surface area contributed by atoms with Gasteiger partial charge in [-0.2, -0.15) is 10.5 Å². The van der Waals surface area contributed by atoms with Crippen LogP contribution in [-0.2, 0) is 7.05 Å². The molecule has 0 unspecified atom stereocenters. The molecule has 5 rings (SSSR count). The van der Waals surface area contributed by atoms with Gasteiger partial charge < -0.3 is 4.42 Å². The Morgan fingerprint density at radius 2 is 1.66 bits per heavy atom. The lowest BCUT2D eigenvalue weighted by Crippen LogP contribution is -2.32. The summed E-state index contributed by atoms with van der Waals surface area (Å²) in [4.78, 5) is 0. The fourth-order valence-corrected chi connectivity index (χ4v) is 4.47. The van der Waals surface area contributed by atoms with Gasteiger partial charge >= 0.3 is 0 Å². The van der Waals surface area contributed by atoms with Crippen LogP contribution in [0.1, 0.15) is 58.5 Å². The first kappa shape index (κ1) is 14.8. The van der Waals surface area contributed by atoms with Crippen molar-refractivity contribution in [2.45, 2.75) is 33.5 Å². The van der Waals surface area contributed by atoms with Crippen molar-refractivity contribution >= 4 is 21.9 Å². The number of nitrogens with zero attached hydrogens (tertiary/aromatic N) is 3. The van der Waals surface area contributed by atoms with E-state index >= 15 is 0 Å². The maximum atomic E-state index is 10.0. The van der Waals surface area contributed by atoms with Gasteiger partial charge in [-0.1, -0.05) is 38.1 Å². The smallest absolute Gasteiger partial charge is 0.216 e. The molecule has 0 saturated heterocycles. The van der Waals surface area contributed by atoms with Gasteiger partial charge in [0.25, 0.3) is 0 Å². The molecule has 2 heterocycles. The number of fused-ring (bicyclic) bond motifs is 3. The van der Waals surface area contributed by atoms with E-state index in [1.807, 2.05) is 19.1 Å². The van der Waals surface area contributed by atoms with Gasteiger partial charge in [0.2, 0.25) is 5.69 Å². The summed E-state index contributed by atoms with van der Waals surface area (Å²) in [5, 5.41) is 20.7. The van der Waals surface area contributed by atoms with Crippen molar-refractivity contribution in [2.75, 3.05) is 0 Å². The number of rotatable bonds is 3. The van der Waals surface area contributed by atoms with Gasteiger partial charge in [0.15, 0.2) is 6.20 Å². The van der Waals surface area contributed by atoms with Gasteiger partial charge in [-0.05, 0) is 60.6 Å². The summed E-state index contributed by atoms with van der Waals surface area (Å²) in [5.41, 5.74) is 2.60. The third kappa shape index (κ3) is 3.56. The van der Waals surface area contributed by atoms with Crippen LogP contribution in [0.2, 0.25) is 0 Å². The van der Waals surface area contributed by atoms with Crippen molar-refractivity contribution in [3.63, 3.8) is 0 Å². The molecule has 0 aliphatic carbocycles. The molecule has 2 aromatic heterocycles. The van der Waals surface area contributed by atoms with E-state index in [0.29, 0.717) is 33.2 Å². The van der Waals surface area contributed by atoms with Crippen LogP contribution >= 0.6 is 0 Å². The van der Waals surface area contributed by atoms with Crippen molar-refractivity contribution in [3.8, 4) is 34.5 Å². The van der Waals surface area contributed by atoms with Crippen LogP contribution in [0, 0.1) is 36.4 Å². The number of aryl methyl sites for hydroxylation is 3. The Morgan fingerprint density at radius 3 is 2.29 bits per heavy atom. The Balaban J connectivity index is 1.94. The van der Waals surface area contributed by atoms with Gasteiger partial charge in [0.1, 0.15) is 18.2 Å². The number of benzene rings is 3. The molecule has 0 N–H and O–H groups in total. The number of hydrogen-bond acceptors (Lipinski definition) is 3. The molecule has 0 radical (unpaired) electrons. The predicted molar refractivity (Wildman–Crippen MR) is 139 cm³/mol. The molecule has 0 fully saturated rings. The van der Waals surface area contributed by atoms with Gasteiger partial charge in [-0.15, -0.1) is 0 Å². The van der Waals surface area contributed by atoms with Crippen molar-refractivity contribution < 1.29 is 20.0 Å². The van der Waals surface area contributed by atoms with Gasteiger partial charge in [0.05, 0.1) is 34.3 Å². The van der Waals surface area contributed by atoms with Crippen LogP contribution in [0.4, 0.5) is 0 Å². The average molecular weight is 465 g/mol. The number of pyridine rings is 1. The highest BCUT2D eigenvalue weighted by Crippen LogP contribution is 2.42. The minimum atomic E-state index is -2.44. The summed E-state index contributed by atoms with van der Waals surface area (Å²) in [5.74, 6) is -1.23. The topological polar surface area (TPSA) is 64.6 Å². The van der Waals surface area contributed by atoms with Crippen LogP contribution < -0.4 is 4.57 Å². The Kier molecular flexibility index (Phi) is 3.55. The first-order chi connectivity index (χ1) is 20.0. The fraction of sp³-hybridized carbons (Fsp3) is 0.194. The van der Waals surface area contributed by atoms with E-state index in [1.54, 1.807) is 43.7 Å². The monoisotopic (exact) mass is 464 g/mol. The SMILES string of the molecule is [2H]c1c([2H])c(-c2c(C#N)ccc3c2oc2c(-c4cc(C([2H])(C)C)c(C([2H])([2H])[2H])c[n+]4C)c(C)ccc23)c([2H])c([2H])c1C#N. The molecule has 35 heavy (non-hydrogen) atoms. The second-order valence-electron chi connectivity index (χ2n) is 8.67. The zero-order valence-electron chi connectivity index (χ0n) is 27.7. The normalized spacial score (nSPS) is 15.1. The van der Waals surface area contributed by atoms with E-state index in [0.717, 1.165) is 5.56 Å². The Labute approximate surface area is 216 Å². The average Bonchev–Trinajstić information content (AvgIpc) is 3.30. The quantitative estimate of drug-likeness (QED) is 0.265. The standard InChI is InChI=1S/C31H26N3O/c1-18(2)26-14-27(34(5)17-20(26)4)28-19(3)6-12-24-25-13-11-23(16-33)29(31(25)35-30(24)28)22-9-7-21(15-32)8-10-22/h6-14,17-18H,1-5H3/q+1/i4D3,7D,8D,9D,10D,18D. The lowest BCUT2D eigenvalue weighted by molar-refractivity contribution is -0.660. The molecular formula is C31H26N3O+. The predicted octanol–water partition coefficient (Wildman–Crippen LogP) is 7.23. The number of nitriles is 2. The maximum Gasteiger partial charge on any atom is 0.216 e. The van der Waals surface area contributed by atoms with E-state index in [9.17, 15) is 10.5 Å². The molecule has 3 aromatic carbocycles. The molecule has 0 amide bonds. The van der Waals surface area contributed by atoms with Gasteiger partial charge in [0, 0.05) is 33.4 Å². The molecule has 5 aromatic rings. The highest BCUT2D eigenvalue weighted by molar-refractivity contribution is 6.14. The molecule has 0 bridgehead atoms. The van der Waals surface area contributed by atoms with E-state index in [4.69, 9.17) is 15.4 Å². The summed E-state index contributed by atoms with van der Waals surface area (Å²) in [6, 6.07) is 10.5. The molecule has 0 saturated carbocycles. The summed E-state index contributed by atoms with van der Waals surface area (Å²) in [6.07, 6.45) is 1.51. The number of aromatic nitrogens is 1. The van der Waals surface area contributed by atoms with E-state index in [2.05, 4.69) is 6.07 Å². The fourth-order valence-electron chi connectivity index (χ4n) is 4.47. The second kappa shape index (κ2) is 8.42. The second-order valence-corrected chi connectivity index (χ2v) is 8.67. The van der Waals surface area contributed by atoms with E-state index in [-0.39, 0.29) is 27.8 Å². The van der Waals surface area contributed by atoms with Crippen LogP contribution in [0.5, 0.6) is 0 Å². The zero-order chi connectivity index (χ0) is 31.8. The van der Waals surface area contributed by atoms with Crippen LogP contribution in [-0.4, -0.2) is 0 Å². The minimum absolute atomic E-state index is 0.0679. The molecule has 0 aliphatic rings. The minimum Gasteiger partial charge on any atom is -0.454 e. The third-order valence-corrected chi connectivity index (χ3v) is 6.19. The summed E-state index contributed by atoms with van der Waals surface area (Å²) in [6.45, 7) is 2.68. The van der Waals surface area contributed by atoms with Crippen molar-refractivity contribution in [2.24, 2.45) is 7.05 Å². The first-order valence-electron chi connectivity index (χ1n) is 15.0. The molecular weight excluding hydrogens is 430 g/mol. The van der Waals surface area contributed by atoms with Crippen molar-refractivity contribution in [1.29, 1.82) is 10.5 Å². The Hall–Kier alpha value is -4.41. The summed E-state index contributed by atoms with van der Waals surface area (Å²) in [7, 11) is 1.71. The summed E-state index contributed by atoms with van der Waals surface area (Å²) >= 11 is 0. The lowest BCUT2D eigenvalue weighted by Gasteiger charge is -2.12. The molecule has 0 atom stereocenters. The number of furan rings is 1. The van der Waals surface area contributed by atoms with E-state index in [1.165, 1.54) is 12.3 Å². The molecule has 0 spiro atoms. The molecule has 4 nitrogen and oxygen atoms in total. The Bertz CT molecular complexity index is 2060. The first-order valence-corrected chi connectivity index (χ1v) is 11.0. The van der Waals surface area contributed by atoms with E-state index < -0.39 is 42.5 Å². The number of hydrogen-bond donors (Lipinski definition) is 0. The molecule has 0 aliphatic heterocycles. The largest absolute Gasteiger partial charge is 0.454 e. The van der Waals surface area contributed by atoms with Crippen LogP contribution in [0.15, 0.2) is 65.1 Å². The Morgan fingerprint density at radius 1 is 0.971 bits per heavy atom. The molecule has 4 heteroatoms. The highest BCUT2D eigenvalue weighted by atomic mass is 16.3. The molecule has 170 valence electrons. The zero-order valence-corrected chi connectivity index (χ0v) is 19.7. The van der Waals surface area contributed by atoms with Crippen LogP contribution in [0.3, 0.4) is 0 Å². The van der Waals surface area contributed by atoms with Gasteiger partial charge in [-0.25, -0.2) is 4.57 Å². The van der Waals surface area contributed by atoms with Crippen LogP contribution in [0.25, 0.3) is 44.3 Å². The van der Waals surface area contributed by atoms with Gasteiger partial charge in [-0.3, -0.25) is 0 Å². The van der Waals surface area contributed by atoms with Crippen molar-refractivity contribution in [3.05, 3.63) is 88.5 Å². The van der Waals surface area contributed by atoms with Crippen molar-refractivity contribution in [1.82, 2.24) is 0 Å².